The molecule has 0 aromatic rings. The van der Waals surface area contributed by atoms with Gasteiger partial charge in [-0.3, -0.25) is 4.90 Å². The molecular formula is C14H29N3O2S. The Balaban J connectivity index is 1.84. The Morgan fingerprint density at radius 2 is 1.95 bits per heavy atom. The second-order valence-corrected chi connectivity index (χ2v) is 8.41. The van der Waals surface area contributed by atoms with Gasteiger partial charge in [-0.1, -0.05) is 13.8 Å². The van der Waals surface area contributed by atoms with Gasteiger partial charge in [0.1, 0.15) is 0 Å². The van der Waals surface area contributed by atoms with E-state index in [2.05, 4.69) is 24.1 Å². The predicted octanol–water partition coefficient (Wildman–Crippen LogP) is 0.874. The van der Waals surface area contributed by atoms with Crippen molar-refractivity contribution in [1.82, 2.24) is 14.5 Å². The molecule has 0 amide bonds. The second kappa shape index (κ2) is 7.20. The van der Waals surface area contributed by atoms with E-state index < -0.39 is 10.0 Å². The molecule has 1 atom stereocenters. The first-order chi connectivity index (χ1) is 9.49. The number of hydrogen-bond acceptors (Lipinski definition) is 4. The van der Waals surface area contributed by atoms with Crippen LogP contribution in [-0.4, -0.2) is 68.2 Å². The monoisotopic (exact) mass is 303 g/mol. The van der Waals surface area contributed by atoms with Crippen LogP contribution >= 0.6 is 0 Å². The molecule has 0 saturated carbocycles. The van der Waals surface area contributed by atoms with Crippen LogP contribution in [0.2, 0.25) is 0 Å². The third-order valence-corrected chi connectivity index (χ3v) is 6.21. The lowest BCUT2D eigenvalue weighted by atomic mass is 10.2. The lowest BCUT2D eigenvalue weighted by Crippen LogP contribution is -2.41. The van der Waals surface area contributed by atoms with Crippen LogP contribution in [-0.2, 0) is 10.0 Å². The summed E-state index contributed by atoms with van der Waals surface area (Å²) in [4.78, 5) is 2.47. The van der Waals surface area contributed by atoms with Crippen molar-refractivity contribution in [2.45, 2.75) is 51.6 Å². The van der Waals surface area contributed by atoms with E-state index >= 15 is 0 Å². The van der Waals surface area contributed by atoms with Crippen molar-refractivity contribution in [3.8, 4) is 0 Å². The van der Waals surface area contributed by atoms with Gasteiger partial charge in [-0.05, 0) is 45.3 Å². The molecular weight excluding hydrogens is 274 g/mol. The predicted molar refractivity (Wildman–Crippen MR) is 82.3 cm³/mol. The summed E-state index contributed by atoms with van der Waals surface area (Å²) in [5.74, 6) is 0.277. The second-order valence-electron chi connectivity index (χ2n) is 6.32. The first-order valence-corrected chi connectivity index (χ1v) is 9.55. The maximum atomic E-state index is 12.5. The fourth-order valence-corrected chi connectivity index (χ4v) is 4.77. The normalized spacial score (nSPS) is 25.9. The molecule has 0 spiro atoms. The van der Waals surface area contributed by atoms with E-state index in [1.54, 1.807) is 4.31 Å². The minimum absolute atomic E-state index is 0.277. The van der Waals surface area contributed by atoms with Crippen molar-refractivity contribution >= 4 is 10.0 Å². The highest BCUT2D eigenvalue weighted by Gasteiger charge is 2.33. The number of nitrogens with one attached hydrogen (secondary N) is 1. The molecule has 2 saturated heterocycles. The van der Waals surface area contributed by atoms with E-state index in [9.17, 15) is 8.42 Å². The van der Waals surface area contributed by atoms with Crippen LogP contribution < -0.4 is 5.32 Å². The fraction of sp³-hybridized carbons (Fsp3) is 1.00. The Kier molecular flexibility index (Phi) is 5.84. The van der Waals surface area contributed by atoms with E-state index in [0.717, 1.165) is 32.5 Å². The van der Waals surface area contributed by atoms with Gasteiger partial charge in [0.15, 0.2) is 0 Å². The summed E-state index contributed by atoms with van der Waals surface area (Å²) in [6.45, 7) is 8.56. The molecule has 0 aromatic carbocycles. The average molecular weight is 303 g/mol. The Bertz CT molecular complexity index is 397. The van der Waals surface area contributed by atoms with Crippen LogP contribution in [0, 0.1) is 0 Å². The Morgan fingerprint density at radius 3 is 2.70 bits per heavy atom. The first-order valence-electron chi connectivity index (χ1n) is 7.94. The molecule has 6 heteroatoms. The highest BCUT2D eigenvalue weighted by molar-refractivity contribution is 7.89. The summed E-state index contributed by atoms with van der Waals surface area (Å²) >= 11 is 0. The maximum Gasteiger partial charge on any atom is 0.214 e. The number of rotatable bonds is 6. The summed E-state index contributed by atoms with van der Waals surface area (Å²) in [7, 11) is -3.08. The summed E-state index contributed by atoms with van der Waals surface area (Å²) in [6.07, 6.45) is 4.04. The third-order valence-electron chi connectivity index (χ3n) is 4.29. The number of sulfonamides is 1. The van der Waals surface area contributed by atoms with Crippen LogP contribution in [0.15, 0.2) is 0 Å². The largest absolute Gasteiger partial charge is 0.314 e. The minimum atomic E-state index is -3.08. The summed E-state index contributed by atoms with van der Waals surface area (Å²) in [5, 5.41) is 3.28. The van der Waals surface area contributed by atoms with E-state index in [1.165, 1.54) is 6.42 Å². The van der Waals surface area contributed by atoms with Gasteiger partial charge in [0.2, 0.25) is 10.0 Å². The van der Waals surface area contributed by atoms with Crippen LogP contribution in [0.3, 0.4) is 0 Å². The van der Waals surface area contributed by atoms with Crippen LogP contribution in [0.1, 0.15) is 39.5 Å². The van der Waals surface area contributed by atoms with Gasteiger partial charge in [-0.15, -0.1) is 0 Å². The Labute approximate surface area is 123 Å². The van der Waals surface area contributed by atoms with E-state index in [1.807, 2.05) is 0 Å². The maximum absolute atomic E-state index is 12.5. The Morgan fingerprint density at radius 1 is 1.20 bits per heavy atom. The van der Waals surface area contributed by atoms with Gasteiger partial charge in [-0.2, -0.15) is 0 Å². The van der Waals surface area contributed by atoms with Gasteiger partial charge in [0.05, 0.1) is 5.75 Å². The molecule has 1 unspecified atom stereocenters. The summed E-state index contributed by atoms with van der Waals surface area (Å²) in [5.41, 5.74) is 0. The molecule has 2 fully saturated rings. The van der Waals surface area contributed by atoms with E-state index in [4.69, 9.17) is 0 Å². The zero-order chi connectivity index (χ0) is 14.6. The van der Waals surface area contributed by atoms with Gasteiger partial charge >= 0.3 is 0 Å². The molecule has 2 rings (SSSR count). The topological polar surface area (TPSA) is 52.7 Å². The number of hydrogen-bond donors (Lipinski definition) is 1. The fourth-order valence-electron chi connectivity index (χ4n) is 3.20. The molecule has 0 bridgehead atoms. The molecule has 2 heterocycles. The van der Waals surface area contributed by atoms with E-state index in [-0.39, 0.29) is 5.75 Å². The smallest absolute Gasteiger partial charge is 0.214 e. The van der Waals surface area contributed by atoms with Crippen molar-refractivity contribution < 1.29 is 8.42 Å². The van der Waals surface area contributed by atoms with Gasteiger partial charge in [-0.25, -0.2) is 12.7 Å². The molecule has 0 aromatic heterocycles. The molecule has 20 heavy (non-hydrogen) atoms. The first kappa shape index (κ1) is 16.2. The average Bonchev–Trinajstić information content (AvgIpc) is 2.71. The summed E-state index contributed by atoms with van der Waals surface area (Å²) < 4.78 is 26.7. The van der Waals surface area contributed by atoms with Crippen LogP contribution in [0.25, 0.3) is 0 Å². The highest BCUT2D eigenvalue weighted by Crippen LogP contribution is 2.22. The van der Waals surface area contributed by atoms with Gasteiger partial charge in [0.25, 0.3) is 0 Å². The molecule has 2 aliphatic rings. The molecule has 1 N–H and O–H groups in total. The van der Waals surface area contributed by atoms with Crippen molar-refractivity contribution in [2.75, 3.05) is 38.5 Å². The lowest BCUT2D eigenvalue weighted by Gasteiger charge is -2.25. The van der Waals surface area contributed by atoms with Crippen molar-refractivity contribution in [2.24, 2.45) is 0 Å². The third kappa shape index (κ3) is 4.41. The van der Waals surface area contributed by atoms with Crippen LogP contribution in [0.4, 0.5) is 0 Å². The molecule has 0 radical (unpaired) electrons. The van der Waals surface area contributed by atoms with Crippen molar-refractivity contribution in [3.05, 3.63) is 0 Å². The van der Waals surface area contributed by atoms with Crippen molar-refractivity contribution in [3.63, 3.8) is 0 Å². The van der Waals surface area contributed by atoms with Crippen LogP contribution in [0.5, 0.6) is 0 Å². The number of nitrogens with zero attached hydrogens (tertiary/aromatic N) is 2. The highest BCUT2D eigenvalue weighted by atomic mass is 32.2. The molecule has 118 valence electrons. The van der Waals surface area contributed by atoms with Gasteiger partial charge < -0.3 is 5.32 Å². The quantitative estimate of drug-likeness (QED) is 0.740. The number of fused-ring (bicyclic) bond motifs is 1. The summed E-state index contributed by atoms with van der Waals surface area (Å²) in [6, 6.07) is 0.879. The van der Waals surface area contributed by atoms with E-state index in [0.29, 0.717) is 31.6 Å². The Hall–Kier alpha value is -0.170. The SMILES string of the molecule is CC(C)NCCCS(=O)(=O)N1CCCN2CCCC2C1. The zero-order valence-electron chi connectivity index (χ0n) is 12.8. The van der Waals surface area contributed by atoms with Gasteiger partial charge in [0, 0.05) is 25.2 Å². The van der Waals surface area contributed by atoms with Crippen molar-refractivity contribution in [1.29, 1.82) is 0 Å². The zero-order valence-corrected chi connectivity index (χ0v) is 13.7. The lowest BCUT2D eigenvalue weighted by molar-refractivity contribution is 0.257. The minimum Gasteiger partial charge on any atom is -0.314 e. The molecule has 0 aliphatic carbocycles. The molecule has 2 aliphatic heterocycles. The molecule has 5 nitrogen and oxygen atoms in total. The standard InChI is InChI=1S/C14H29N3O2S/c1-13(2)15-7-4-11-20(18,19)17-10-5-9-16-8-3-6-14(16)12-17/h13-15H,3-12H2,1-2H3.